The van der Waals surface area contributed by atoms with Crippen LogP contribution in [0.2, 0.25) is 0 Å². The third-order valence-electron chi connectivity index (χ3n) is 2.91. The number of morpholine rings is 1. The summed E-state index contributed by atoms with van der Waals surface area (Å²) < 4.78 is 10.5. The van der Waals surface area contributed by atoms with Gasteiger partial charge in [-0.3, -0.25) is 4.90 Å². The minimum atomic E-state index is -0.284. The van der Waals surface area contributed by atoms with Gasteiger partial charge in [0.15, 0.2) is 0 Å². The van der Waals surface area contributed by atoms with Gasteiger partial charge in [0.1, 0.15) is 6.61 Å². The van der Waals surface area contributed by atoms with Gasteiger partial charge >= 0.3 is 5.97 Å². The molecule has 1 fully saturated rings. The molecule has 1 saturated heterocycles. The van der Waals surface area contributed by atoms with E-state index in [-0.39, 0.29) is 5.97 Å². The Morgan fingerprint density at radius 2 is 2.17 bits per heavy atom. The summed E-state index contributed by atoms with van der Waals surface area (Å²) in [7, 11) is 0. The van der Waals surface area contributed by atoms with Gasteiger partial charge in [-0.15, -0.1) is 0 Å². The fourth-order valence-electron chi connectivity index (χ4n) is 1.87. The van der Waals surface area contributed by atoms with Gasteiger partial charge in [-0.1, -0.05) is 12.1 Å². The molecule has 0 unspecified atom stereocenters. The summed E-state index contributed by atoms with van der Waals surface area (Å²) in [6.07, 6.45) is 0. The molecule has 0 saturated carbocycles. The first-order valence-corrected chi connectivity index (χ1v) is 6.15. The van der Waals surface area contributed by atoms with Crippen LogP contribution in [-0.2, 0) is 9.47 Å². The maximum absolute atomic E-state index is 11.7. The first kappa shape index (κ1) is 13.1. The summed E-state index contributed by atoms with van der Waals surface area (Å²) in [5.74, 6) is -0.284. The van der Waals surface area contributed by atoms with E-state index in [1.54, 1.807) is 18.2 Å². The minimum Gasteiger partial charge on any atom is -0.461 e. The fraction of sp³-hybridized carbons (Fsp3) is 0.429. The first-order chi connectivity index (χ1) is 8.75. The largest absolute Gasteiger partial charge is 0.461 e. The zero-order valence-electron chi connectivity index (χ0n) is 10.4. The Hall–Kier alpha value is -1.39. The van der Waals surface area contributed by atoms with E-state index in [1.165, 1.54) is 0 Å². The zero-order chi connectivity index (χ0) is 12.8. The molecule has 0 aliphatic carbocycles. The third kappa shape index (κ3) is 3.82. The van der Waals surface area contributed by atoms with E-state index in [1.807, 2.05) is 6.07 Å². The Balaban J connectivity index is 1.74. The van der Waals surface area contributed by atoms with Crippen LogP contribution in [0.15, 0.2) is 24.3 Å². The van der Waals surface area contributed by atoms with Crippen LogP contribution in [0.1, 0.15) is 15.9 Å². The van der Waals surface area contributed by atoms with Crippen molar-refractivity contribution >= 4 is 5.97 Å². The van der Waals surface area contributed by atoms with Gasteiger partial charge in [-0.25, -0.2) is 4.79 Å². The molecule has 0 aromatic heterocycles. The van der Waals surface area contributed by atoms with Crippen molar-refractivity contribution in [1.29, 1.82) is 0 Å². The van der Waals surface area contributed by atoms with Gasteiger partial charge in [-0.05, 0) is 24.6 Å². The van der Waals surface area contributed by atoms with E-state index in [0.717, 1.165) is 38.4 Å². The van der Waals surface area contributed by atoms with E-state index in [4.69, 9.17) is 9.47 Å². The number of ether oxygens (including phenoxy) is 2. The number of nitrogens with zero attached hydrogens (tertiary/aromatic N) is 1. The van der Waals surface area contributed by atoms with Gasteiger partial charge in [-0.2, -0.15) is 0 Å². The number of hydrogen-bond acceptors (Lipinski definition) is 4. The van der Waals surface area contributed by atoms with Crippen molar-refractivity contribution < 1.29 is 14.3 Å². The molecule has 4 heteroatoms. The standard InChI is InChI=1S/C14H18NO3/c1-12-3-2-4-13(11-12)14(16)18-10-7-15-5-8-17-9-6-15/h2-4,11H,1,5-10H2. The Bertz CT molecular complexity index is 400. The van der Waals surface area contributed by atoms with Gasteiger partial charge in [0.2, 0.25) is 0 Å². The molecule has 1 aromatic rings. The molecule has 97 valence electrons. The van der Waals surface area contributed by atoms with Crippen molar-refractivity contribution in [3.05, 3.63) is 42.3 Å². The quantitative estimate of drug-likeness (QED) is 0.754. The van der Waals surface area contributed by atoms with E-state index in [9.17, 15) is 4.79 Å². The van der Waals surface area contributed by atoms with Crippen molar-refractivity contribution in [3.8, 4) is 0 Å². The van der Waals surface area contributed by atoms with Crippen LogP contribution in [-0.4, -0.2) is 50.3 Å². The average molecular weight is 248 g/mol. The molecule has 0 amide bonds. The Kier molecular flexibility index (Phi) is 4.73. The van der Waals surface area contributed by atoms with Crippen LogP contribution in [0.25, 0.3) is 0 Å². The van der Waals surface area contributed by atoms with Gasteiger partial charge < -0.3 is 9.47 Å². The van der Waals surface area contributed by atoms with Crippen molar-refractivity contribution in [2.45, 2.75) is 0 Å². The molecule has 4 nitrogen and oxygen atoms in total. The molecule has 1 aliphatic heterocycles. The number of benzene rings is 1. The lowest BCUT2D eigenvalue weighted by molar-refractivity contribution is 0.0195. The average Bonchev–Trinajstić information content (AvgIpc) is 2.40. The number of rotatable bonds is 4. The van der Waals surface area contributed by atoms with Crippen LogP contribution < -0.4 is 0 Å². The summed E-state index contributed by atoms with van der Waals surface area (Å²) in [4.78, 5) is 14.0. The number of esters is 1. The van der Waals surface area contributed by atoms with Crippen molar-refractivity contribution in [3.63, 3.8) is 0 Å². The lowest BCUT2D eigenvalue weighted by Crippen LogP contribution is -2.38. The second kappa shape index (κ2) is 6.52. The Morgan fingerprint density at radius 3 is 2.89 bits per heavy atom. The molecule has 18 heavy (non-hydrogen) atoms. The minimum absolute atomic E-state index is 0.284. The van der Waals surface area contributed by atoms with Crippen LogP contribution in [0.4, 0.5) is 0 Å². The highest BCUT2D eigenvalue weighted by Gasteiger charge is 2.11. The van der Waals surface area contributed by atoms with E-state index in [2.05, 4.69) is 11.8 Å². The lowest BCUT2D eigenvalue weighted by atomic mass is 10.1. The summed E-state index contributed by atoms with van der Waals surface area (Å²) >= 11 is 0. The second-order valence-electron chi connectivity index (χ2n) is 4.29. The molecule has 1 aliphatic rings. The van der Waals surface area contributed by atoms with Crippen LogP contribution in [0.3, 0.4) is 0 Å². The van der Waals surface area contributed by atoms with E-state index < -0.39 is 0 Å². The van der Waals surface area contributed by atoms with Gasteiger partial charge in [0, 0.05) is 19.6 Å². The second-order valence-corrected chi connectivity index (χ2v) is 4.29. The van der Waals surface area contributed by atoms with Crippen molar-refractivity contribution in [2.75, 3.05) is 39.5 Å². The predicted molar refractivity (Wildman–Crippen MR) is 68.4 cm³/mol. The maximum atomic E-state index is 11.7. The molecule has 0 atom stereocenters. The normalized spacial score (nSPS) is 16.5. The van der Waals surface area contributed by atoms with Crippen molar-refractivity contribution in [2.24, 2.45) is 0 Å². The Morgan fingerprint density at radius 1 is 1.39 bits per heavy atom. The number of carbonyl (C=O) groups excluding carboxylic acids is 1. The fourth-order valence-corrected chi connectivity index (χ4v) is 1.87. The monoisotopic (exact) mass is 248 g/mol. The third-order valence-corrected chi connectivity index (χ3v) is 2.91. The molecule has 1 aromatic carbocycles. The molecular weight excluding hydrogens is 230 g/mol. The van der Waals surface area contributed by atoms with Crippen LogP contribution in [0, 0.1) is 6.92 Å². The predicted octanol–water partition coefficient (Wildman–Crippen LogP) is 1.36. The summed E-state index contributed by atoms with van der Waals surface area (Å²) in [5, 5.41) is 0. The molecule has 0 spiro atoms. The molecule has 1 radical (unpaired) electrons. The molecular formula is C14H18NO3. The number of hydrogen-bond donors (Lipinski definition) is 0. The molecule has 0 bridgehead atoms. The van der Waals surface area contributed by atoms with E-state index >= 15 is 0 Å². The first-order valence-electron chi connectivity index (χ1n) is 6.15. The van der Waals surface area contributed by atoms with Gasteiger partial charge in [0.25, 0.3) is 0 Å². The van der Waals surface area contributed by atoms with E-state index in [0.29, 0.717) is 12.2 Å². The Labute approximate surface area is 107 Å². The highest BCUT2D eigenvalue weighted by molar-refractivity contribution is 5.89. The summed E-state index contributed by atoms with van der Waals surface area (Å²) in [6, 6.07) is 7.13. The maximum Gasteiger partial charge on any atom is 0.338 e. The highest BCUT2D eigenvalue weighted by Crippen LogP contribution is 2.05. The molecule has 2 rings (SSSR count). The van der Waals surface area contributed by atoms with Crippen LogP contribution >= 0.6 is 0 Å². The smallest absolute Gasteiger partial charge is 0.338 e. The summed E-state index contributed by atoms with van der Waals surface area (Å²) in [6.45, 7) is 8.31. The van der Waals surface area contributed by atoms with Crippen molar-refractivity contribution in [1.82, 2.24) is 4.90 Å². The van der Waals surface area contributed by atoms with Crippen LogP contribution in [0.5, 0.6) is 0 Å². The topological polar surface area (TPSA) is 38.8 Å². The highest BCUT2D eigenvalue weighted by atomic mass is 16.5. The van der Waals surface area contributed by atoms with Gasteiger partial charge in [0.05, 0.1) is 18.8 Å². The molecule has 0 N–H and O–H groups in total. The SMILES string of the molecule is [CH2]c1cccc(C(=O)OCCN2CCOCC2)c1. The zero-order valence-corrected chi connectivity index (χ0v) is 10.4. The molecule has 1 heterocycles. The number of carbonyl (C=O) groups is 1. The summed E-state index contributed by atoms with van der Waals surface area (Å²) in [5.41, 5.74) is 1.38. The lowest BCUT2D eigenvalue weighted by Gasteiger charge is -2.26.